The van der Waals surface area contributed by atoms with Crippen molar-refractivity contribution in [2.24, 2.45) is 0 Å². The fourth-order valence-electron chi connectivity index (χ4n) is 1.50. The summed E-state index contributed by atoms with van der Waals surface area (Å²) >= 11 is 0. The van der Waals surface area contributed by atoms with E-state index in [-0.39, 0.29) is 5.69 Å². The number of carbonyl (C=O) groups is 2. The number of hydrogen-bond acceptors (Lipinski definition) is 4. The minimum Gasteiger partial charge on any atom is -0.480 e. The van der Waals surface area contributed by atoms with Crippen molar-refractivity contribution >= 4 is 11.9 Å². The van der Waals surface area contributed by atoms with Gasteiger partial charge >= 0.3 is 5.97 Å². The van der Waals surface area contributed by atoms with Gasteiger partial charge in [-0.1, -0.05) is 6.92 Å². The maximum Gasteiger partial charge on any atom is 0.329 e. The molecule has 0 bridgehead atoms. The van der Waals surface area contributed by atoms with Gasteiger partial charge in [0, 0.05) is 6.42 Å². The Bertz CT molecular complexity index is 434. The Morgan fingerprint density at radius 2 is 2.31 bits per heavy atom. The van der Waals surface area contributed by atoms with E-state index in [0.717, 1.165) is 0 Å². The summed E-state index contributed by atoms with van der Waals surface area (Å²) < 4.78 is 5.01. The van der Waals surface area contributed by atoms with Crippen molar-refractivity contribution in [2.45, 2.75) is 31.7 Å². The molecule has 2 rings (SSSR count). The summed E-state index contributed by atoms with van der Waals surface area (Å²) in [7, 11) is 0. The van der Waals surface area contributed by atoms with E-state index in [1.165, 1.54) is 6.39 Å². The monoisotopic (exact) mass is 224 g/mol. The van der Waals surface area contributed by atoms with Crippen LogP contribution in [0.1, 0.15) is 36.0 Å². The second-order valence-electron chi connectivity index (χ2n) is 3.82. The first-order valence-corrected chi connectivity index (χ1v) is 5.07. The van der Waals surface area contributed by atoms with Crippen molar-refractivity contribution in [3.05, 3.63) is 17.8 Å². The van der Waals surface area contributed by atoms with E-state index in [2.05, 4.69) is 10.3 Å². The van der Waals surface area contributed by atoms with Gasteiger partial charge < -0.3 is 14.8 Å². The normalized spacial score (nSPS) is 16.8. The summed E-state index contributed by atoms with van der Waals surface area (Å²) in [5, 5.41) is 11.4. The maximum absolute atomic E-state index is 11.7. The summed E-state index contributed by atoms with van der Waals surface area (Å²) in [5.74, 6) is -1.01. The van der Waals surface area contributed by atoms with Crippen LogP contribution in [0.5, 0.6) is 0 Å². The molecule has 1 aromatic rings. The van der Waals surface area contributed by atoms with Crippen LogP contribution < -0.4 is 5.32 Å². The number of rotatable bonds is 4. The van der Waals surface area contributed by atoms with E-state index in [1.54, 1.807) is 0 Å². The number of carbonyl (C=O) groups excluding carboxylic acids is 1. The number of oxazole rings is 1. The average Bonchev–Trinajstić information content (AvgIpc) is 2.88. The molecule has 16 heavy (non-hydrogen) atoms. The molecule has 1 aromatic heterocycles. The van der Waals surface area contributed by atoms with E-state index in [0.29, 0.717) is 25.0 Å². The molecular formula is C10H12N2O4. The molecule has 1 amide bonds. The van der Waals surface area contributed by atoms with Gasteiger partial charge in [0.25, 0.3) is 5.91 Å². The lowest BCUT2D eigenvalue weighted by Gasteiger charge is -2.11. The van der Waals surface area contributed by atoms with Gasteiger partial charge in [-0.3, -0.25) is 4.79 Å². The summed E-state index contributed by atoms with van der Waals surface area (Å²) in [6.45, 7) is 1.83. The summed E-state index contributed by atoms with van der Waals surface area (Å²) in [4.78, 5) is 26.4. The van der Waals surface area contributed by atoms with Crippen LogP contribution in [0.15, 0.2) is 10.8 Å². The molecule has 6 nitrogen and oxygen atoms in total. The molecule has 0 radical (unpaired) electrons. The third-order valence-corrected chi connectivity index (χ3v) is 2.69. The van der Waals surface area contributed by atoms with Crippen molar-refractivity contribution in [1.82, 2.24) is 10.3 Å². The van der Waals surface area contributed by atoms with Gasteiger partial charge in [0.15, 0.2) is 12.1 Å². The molecular weight excluding hydrogens is 212 g/mol. The minimum absolute atomic E-state index is 0.176. The highest BCUT2D eigenvalue weighted by Crippen LogP contribution is 2.35. The van der Waals surface area contributed by atoms with Crippen molar-refractivity contribution in [2.75, 3.05) is 0 Å². The van der Waals surface area contributed by atoms with Gasteiger partial charge in [0.2, 0.25) is 0 Å². The molecule has 0 saturated heterocycles. The van der Waals surface area contributed by atoms with Gasteiger partial charge in [-0.2, -0.15) is 0 Å². The van der Waals surface area contributed by atoms with Crippen molar-refractivity contribution in [3.63, 3.8) is 0 Å². The molecule has 1 aliphatic carbocycles. The highest BCUT2D eigenvalue weighted by Gasteiger charge is 2.52. The minimum atomic E-state index is -1.08. The third-order valence-electron chi connectivity index (χ3n) is 2.69. The number of nitrogens with zero attached hydrogens (tertiary/aromatic N) is 1. The second-order valence-corrected chi connectivity index (χ2v) is 3.82. The molecule has 1 aliphatic rings. The third kappa shape index (κ3) is 1.66. The Morgan fingerprint density at radius 3 is 2.81 bits per heavy atom. The molecule has 0 atom stereocenters. The van der Waals surface area contributed by atoms with Crippen LogP contribution in [0.2, 0.25) is 0 Å². The molecule has 6 heteroatoms. The van der Waals surface area contributed by atoms with Crippen molar-refractivity contribution in [1.29, 1.82) is 0 Å². The molecule has 0 aromatic carbocycles. The zero-order chi connectivity index (χ0) is 11.8. The predicted octanol–water partition coefficient (Wildman–Crippen LogP) is 0.584. The molecule has 0 aliphatic heterocycles. The maximum atomic E-state index is 11.7. The van der Waals surface area contributed by atoms with E-state index >= 15 is 0 Å². The highest BCUT2D eigenvalue weighted by molar-refractivity contribution is 5.98. The molecule has 1 fully saturated rings. The lowest BCUT2D eigenvalue weighted by molar-refractivity contribution is -0.140. The van der Waals surface area contributed by atoms with Crippen LogP contribution >= 0.6 is 0 Å². The summed E-state index contributed by atoms with van der Waals surface area (Å²) in [6.07, 6.45) is 2.66. The van der Waals surface area contributed by atoms with Crippen molar-refractivity contribution < 1.29 is 19.1 Å². The number of nitrogens with one attached hydrogen (secondary N) is 1. The molecule has 0 spiro atoms. The summed E-state index contributed by atoms with van der Waals surface area (Å²) in [5.41, 5.74) is -0.906. The Morgan fingerprint density at radius 1 is 1.62 bits per heavy atom. The van der Waals surface area contributed by atoms with Gasteiger partial charge in [-0.05, 0) is 12.8 Å². The molecule has 2 N–H and O–H groups in total. The van der Waals surface area contributed by atoms with Gasteiger partial charge in [0.1, 0.15) is 11.3 Å². The van der Waals surface area contributed by atoms with Gasteiger partial charge in [-0.25, -0.2) is 9.78 Å². The first kappa shape index (κ1) is 10.7. The zero-order valence-corrected chi connectivity index (χ0v) is 8.82. The number of aryl methyl sites for hydroxylation is 1. The summed E-state index contributed by atoms with van der Waals surface area (Å²) in [6, 6.07) is 0. The van der Waals surface area contributed by atoms with Gasteiger partial charge in [0.05, 0.1) is 0 Å². The quantitative estimate of drug-likeness (QED) is 0.780. The molecule has 86 valence electrons. The van der Waals surface area contributed by atoms with Crippen LogP contribution in [0.25, 0.3) is 0 Å². The Balaban J connectivity index is 2.12. The predicted molar refractivity (Wildman–Crippen MR) is 52.9 cm³/mol. The van der Waals surface area contributed by atoms with E-state index in [9.17, 15) is 9.59 Å². The lowest BCUT2D eigenvalue weighted by Crippen LogP contribution is -2.43. The first-order valence-electron chi connectivity index (χ1n) is 5.07. The molecule has 1 heterocycles. The van der Waals surface area contributed by atoms with Gasteiger partial charge in [-0.15, -0.1) is 0 Å². The lowest BCUT2D eigenvalue weighted by atomic mass is 10.2. The number of amides is 1. The SMILES string of the molecule is CCc1ocnc1C(=O)NC1(C(=O)O)CC1. The van der Waals surface area contributed by atoms with Crippen LogP contribution in [-0.2, 0) is 11.2 Å². The fourth-order valence-corrected chi connectivity index (χ4v) is 1.50. The van der Waals surface area contributed by atoms with Crippen LogP contribution in [0, 0.1) is 0 Å². The first-order chi connectivity index (χ1) is 7.59. The smallest absolute Gasteiger partial charge is 0.329 e. The van der Waals surface area contributed by atoms with Crippen molar-refractivity contribution in [3.8, 4) is 0 Å². The van der Waals surface area contributed by atoms with Crippen LogP contribution in [0.3, 0.4) is 0 Å². The zero-order valence-electron chi connectivity index (χ0n) is 8.82. The standard InChI is InChI=1S/C10H12N2O4/c1-2-6-7(11-5-16-6)8(13)12-10(3-4-10)9(14)15/h5H,2-4H2,1H3,(H,12,13)(H,14,15). The van der Waals surface area contributed by atoms with E-state index < -0.39 is 17.4 Å². The highest BCUT2D eigenvalue weighted by atomic mass is 16.4. The van der Waals surface area contributed by atoms with Crippen LogP contribution in [-0.4, -0.2) is 27.5 Å². The average molecular weight is 224 g/mol. The number of aromatic nitrogens is 1. The van der Waals surface area contributed by atoms with Crippen LogP contribution in [0.4, 0.5) is 0 Å². The number of hydrogen-bond donors (Lipinski definition) is 2. The fraction of sp³-hybridized carbons (Fsp3) is 0.500. The largest absolute Gasteiger partial charge is 0.480 e. The van der Waals surface area contributed by atoms with E-state index in [1.807, 2.05) is 6.92 Å². The Labute approximate surface area is 91.7 Å². The Kier molecular flexibility index (Phi) is 2.41. The number of carboxylic acids is 1. The topological polar surface area (TPSA) is 92.4 Å². The number of carboxylic acid groups (broad SMARTS) is 1. The second kappa shape index (κ2) is 3.62. The van der Waals surface area contributed by atoms with E-state index in [4.69, 9.17) is 9.52 Å². The Hall–Kier alpha value is -1.85. The molecule has 0 unspecified atom stereocenters. The molecule has 1 saturated carbocycles. The number of aliphatic carboxylic acids is 1.